The van der Waals surface area contributed by atoms with Gasteiger partial charge >= 0.3 is 23.1 Å². The van der Waals surface area contributed by atoms with Crippen molar-refractivity contribution >= 4 is 68.2 Å². The predicted molar refractivity (Wildman–Crippen MR) is 207 cm³/mol. The largest absolute Gasteiger partial charge is 0.316 e. The number of benzene rings is 4. The minimum absolute atomic E-state index is 0. The van der Waals surface area contributed by atoms with Gasteiger partial charge in [-0.15, -0.1) is 0 Å². The molecule has 0 spiro atoms. The molecule has 4 aromatic carbocycles. The second-order valence-corrected chi connectivity index (χ2v) is 14.2. The lowest BCUT2D eigenvalue weighted by Crippen LogP contribution is -2.17. The number of allylic oxidation sites excluding steroid dienone is 12. The second kappa shape index (κ2) is 17.1. The van der Waals surface area contributed by atoms with Gasteiger partial charge in [0.05, 0.1) is 67.9 Å². The Morgan fingerprint density at radius 3 is 0.986 bits per heavy atom. The Kier molecular flexibility index (Phi) is 12.0. The van der Waals surface area contributed by atoms with Crippen molar-refractivity contribution in [3.05, 3.63) is 210 Å². The monoisotopic (exact) mass is 998 g/mol. The predicted octanol–water partition coefficient (Wildman–Crippen LogP) is 11.6. The van der Waals surface area contributed by atoms with Gasteiger partial charge in [0.15, 0.2) is 93.1 Å². The fraction of sp³-hybridized carbons (Fsp3) is 0. The molecule has 5 aliphatic rings. The van der Waals surface area contributed by atoms with E-state index in [0.717, 1.165) is 18.2 Å². The number of hydrogen-bond donors (Lipinski definition) is 0. The maximum absolute atomic E-state index is 16.4. The van der Waals surface area contributed by atoms with E-state index < -0.39 is 189 Å². The molecule has 4 nitrogen and oxygen atoms in total. The molecule has 9 rings (SSSR count). The molecule has 25 heteroatoms. The number of fused-ring (bicyclic) bond motifs is 4. The van der Waals surface area contributed by atoms with Gasteiger partial charge in [0.1, 0.15) is 0 Å². The maximum atomic E-state index is 16.4. The SMILES string of the molecule is Fc1c(F)c(F)c(C2=CC3=CC4=NC(=CC5=NC(=CC6=NC(=C(c7c(F)c(F)c(F)c(F)c7F)C2=N3)C(c2c(F)c(F)c(F)c(F)c2F)=C6c2c(F)c(F)c(F)c(F)c2F)C=C5)C=C4)c(F)c1F.[MgH2]. The summed E-state index contributed by atoms with van der Waals surface area (Å²) in [7, 11) is 0. The molecule has 0 radical (unpaired) electrons. The summed E-state index contributed by atoms with van der Waals surface area (Å²) in [6.07, 6.45) is 7.20. The fourth-order valence-corrected chi connectivity index (χ4v) is 7.37. The van der Waals surface area contributed by atoms with Crippen molar-refractivity contribution in [2.24, 2.45) is 20.0 Å². The quantitative estimate of drug-likeness (QED) is 0.0847. The Labute approximate surface area is 385 Å². The van der Waals surface area contributed by atoms with Gasteiger partial charge in [-0.2, -0.15) is 0 Å². The first-order chi connectivity index (χ1) is 32.0. The van der Waals surface area contributed by atoms with Crippen LogP contribution in [0.3, 0.4) is 0 Å². The first kappa shape index (κ1) is 48.3. The van der Waals surface area contributed by atoms with Crippen molar-refractivity contribution in [3.63, 3.8) is 0 Å². The van der Waals surface area contributed by atoms with E-state index in [-0.39, 0.29) is 40.2 Å². The highest BCUT2D eigenvalue weighted by atomic mass is 24.3. The van der Waals surface area contributed by atoms with Gasteiger partial charge in [-0.3, -0.25) is 0 Å². The van der Waals surface area contributed by atoms with Gasteiger partial charge in [0, 0.05) is 22.3 Å². The summed E-state index contributed by atoms with van der Waals surface area (Å²) < 4.78 is 309. The number of rotatable bonds is 4. The van der Waals surface area contributed by atoms with Crippen LogP contribution in [0.5, 0.6) is 0 Å². The third-order valence-corrected chi connectivity index (χ3v) is 10.3. The molecule has 0 fully saturated rings. The van der Waals surface area contributed by atoms with Crippen LogP contribution in [0.15, 0.2) is 91.4 Å². The van der Waals surface area contributed by atoms with Crippen LogP contribution in [-0.2, 0) is 0 Å². The average molecular weight is 999 g/mol. The highest BCUT2D eigenvalue weighted by Gasteiger charge is 2.44. The smallest absolute Gasteiger partial charge is 0.249 e. The van der Waals surface area contributed by atoms with E-state index in [9.17, 15) is 26.3 Å². The first-order valence-corrected chi connectivity index (χ1v) is 18.2. The van der Waals surface area contributed by atoms with E-state index in [0.29, 0.717) is 12.2 Å². The number of aliphatic imine (C=N–C) groups is 4. The Morgan fingerprint density at radius 1 is 0.261 bits per heavy atom. The molecule has 8 bridgehead atoms. The van der Waals surface area contributed by atoms with Gasteiger partial charge < -0.3 is 0 Å². The Bertz CT molecular complexity index is 3430. The summed E-state index contributed by atoms with van der Waals surface area (Å²) in [5.74, 6) is -59.2. The molecule has 0 aliphatic carbocycles. The van der Waals surface area contributed by atoms with Crippen LogP contribution in [0.2, 0.25) is 0 Å². The zero-order valence-electron chi connectivity index (χ0n) is 32.0. The Balaban J connectivity index is 0.00000642. The molecule has 0 atom stereocenters. The topological polar surface area (TPSA) is 49.4 Å². The molecule has 69 heavy (non-hydrogen) atoms. The summed E-state index contributed by atoms with van der Waals surface area (Å²) >= 11 is 0. The Morgan fingerprint density at radius 2 is 0.580 bits per heavy atom. The molecule has 5 aliphatic heterocycles. The normalized spacial score (nSPS) is 16.2. The first-order valence-electron chi connectivity index (χ1n) is 18.2. The average Bonchev–Trinajstić information content (AvgIpc) is 4.13. The summed E-state index contributed by atoms with van der Waals surface area (Å²) in [4.78, 5) is 15.8. The van der Waals surface area contributed by atoms with Gasteiger partial charge in [-0.05, 0) is 48.6 Å². The molecular weight excluding hydrogens is 989 g/mol. The third kappa shape index (κ3) is 7.22. The highest BCUT2D eigenvalue weighted by Crippen LogP contribution is 2.51. The van der Waals surface area contributed by atoms with Crippen molar-refractivity contribution in [1.29, 1.82) is 0 Å². The highest BCUT2D eigenvalue weighted by molar-refractivity contribution is 6.50. The lowest BCUT2D eigenvalue weighted by atomic mass is 9.84. The Hall–Kier alpha value is -7.15. The fourth-order valence-electron chi connectivity index (χ4n) is 7.37. The van der Waals surface area contributed by atoms with Crippen molar-refractivity contribution < 1.29 is 87.8 Å². The van der Waals surface area contributed by atoms with E-state index in [1.54, 1.807) is 0 Å². The third-order valence-electron chi connectivity index (χ3n) is 10.3. The number of hydrogen-bond acceptors (Lipinski definition) is 4. The summed E-state index contributed by atoms with van der Waals surface area (Å²) in [6, 6.07) is 0. The lowest BCUT2D eigenvalue weighted by molar-refractivity contribution is 0.375. The van der Waals surface area contributed by atoms with Crippen LogP contribution in [0.1, 0.15) is 22.3 Å². The number of nitrogens with zero attached hydrogens (tertiary/aromatic N) is 4. The van der Waals surface area contributed by atoms with Gasteiger partial charge in [-0.1, -0.05) is 0 Å². The molecule has 0 saturated heterocycles. The molecule has 4 aromatic rings. The van der Waals surface area contributed by atoms with Crippen molar-refractivity contribution in [3.8, 4) is 0 Å². The standard InChI is InChI=1S/C44H8F20N4.Mg.2H/c45-23-16(24(46)32(54)39(61)31(23)53)14-7-13-6-11-2-1-9(65-11)5-10-3-4-12(66-10)8-15-17(19-25(47)33(55)40(62)34(56)26(19)48)18(20-27(49)35(57)41(63)36(58)28(20)50)44(68-15)22(43(14)67-13)21-29(51)37(59)42(64)38(60)30(21)52;;;/h1-8H;;;. The molecule has 5 heterocycles. The van der Waals surface area contributed by atoms with Gasteiger partial charge in [0.2, 0.25) is 23.3 Å². The van der Waals surface area contributed by atoms with Gasteiger partial charge in [-0.25, -0.2) is 108 Å². The summed E-state index contributed by atoms with van der Waals surface area (Å²) in [6.45, 7) is 0. The zero-order chi connectivity index (χ0) is 49.3. The van der Waals surface area contributed by atoms with E-state index in [1.165, 1.54) is 18.2 Å². The molecule has 0 saturated carbocycles. The number of halogens is 20. The van der Waals surface area contributed by atoms with E-state index in [2.05, 4.69) is 20.0 Å². The zero-order valence-corrected chi connectivity index (χ0v) is 32.0. The van der Waals surface area contributed by atoms with Crippen LogP contribution in [0.25, 0.3) is 22.3 Å². The molecular formula is C44H10F20MgN4. The van der Waals surface area contributed by atoms with E-state index >= 15 is 61.5 Å². The van der Waals surface area contributed by atoms with Crippen LogP contribution >= 0.6 is 0 Å². The lowest BCUT2D eigenvalue weighted by Gasteiger charge is -2.20. The maximum Gasteiger partial charge on any atom is 0.316 e. The van der Waals surface area contributed by atoms with Crippen LogP contribution < -0.4 is 0 Å². The molecule has 0 N–H and O–H groups in total. The molecule has 0 amide bonds. The molecule has 348 valence electrons. The van der Waals surface area contributed by atoms with Crippen molar-refractivity contribution in [2.45, 2.75) is 0 Å². The van der Waals surface area contributed by atoms with Crippen molar-refractivity contribution in [1.82, 2.24) is 0 Å². The van der Waals surface area contributed by atoms with E-state index in [4.69, 9.17) is 0 Å². The minimum Gasteiger partial charge on any atom is -0.249 e. The minimum atomic E-state index is -3.07. The summed E-state index contributed by atoms with van der Waals surface area (Å²) in [5, 5.41) is 0. The van der Waals surface area contributed by atoms with Crippen LogP contribution in [0, 0.1) is 116 Å². The molecule has 0 unspecified atom stereocenters. The summed E-state index contributed by atoms with van der Waals surface area (Å²) in [5.41, 5.74) is -25.1. The van der Waals surface area contributed by atoms with E-state index in [1.807, 2.05) is 0 Å². The second-order valence-electron chi connectivity index (χ2n) is 14.2. The van der Waals surface area contributed by atoms with Crippen molar-refractivity contribution in [2.75, 3.05) is 0 Å². The van der Waals surface area contributed by atoms with Crippen LogP contribution in [0.4, 0.5) is 87.8 Å². The molecule has 0 aromatic heterocycles. The van der Waals surface area contributed by atoms with Crippen LogP contribution in [-0.4, -0.2) is 45.9 Å². The van der Waals surface area contributed by atoms with Gasteiger partial charge in [0.25, 0.3) is 0 Å².